The van der Waals surface area contributed by atoms with Gasteiger partial charge in [-0.1, -0.05) is 31.5 Å². The Morgan fingerprint density at radius 1 is 0.880 bits per heavy atom. The number of carbonyl (C=O) groups is 1. The van der Waals surface area contributed by atoms with Crippen molar-refractivity contribution in [1.82, 2.24) is 0 Å². The van der Waals surface area contributed by atoms with Crippen LogP contribution in [-0.2, 0) is 23.7 Å². The largest absolute Gasteiger partial charge is 0.432 e. The number of rotatable bonds is 12. The van der Waals surface area contributed by atoms with E-state index < -0.39 is 24.8 Å². The van der Waals surface area contributed by atoms with Gasteiger partial charge in [0, 0.05) is 6.61 Å². The highest BCUT2D eigenvalue weighted by atomic mass is 16.8. The average Bonchev–Trinajstić information content (AvgIpc) is 2.55. The zero-order chi connectivity index (χ0) is 18.7. The number of hydrogen-bond donors (Lipinski definition) is 0. The van der Waals surface area contributed by atoms with E-state index in [0.29, 0.717) is 12.2 Å². The fraction of sp³-hybridized carbons (Fsp3) is 0.632. The topological polar surface area (TPSA) is 63.2 Å². The van der Waals surface area contributed by atoms with Gasteiger partial charge in [0.1, 0.15) is 0 Å². The van der Waals surface area contributed by atoms with Crippen molar-refractivity contribution in [3.8, 4) is 0 Å². The van der Waals surface area contributed by atoms with Crippen molar-refractivity contribution in [2.24, 2.45) is 0 Å². The van der Waals surface area contributed by atoms with Gasteiger partial charge in [-0.05, 0) is 46.2 Å². The summed E-state index contributed by atoms with van der Waals surface area (Å²) in [6, 6.07) is 8.75. The minimum atomic E-state index is -0.742. The first-order valence-corrected chi connectivity index (χ1v) is 8.76. The van der Waals surface area contributed by atoms with Crippen molar-refractivity contribution in [3.05, 3.63) is 35.9 Å². The average molecular weight is 354 g/mol. The molecule has 25 heavy (non-hydrogen) atoms. The minimum Gasteiger partial charge on any atom is -0.432 e. The molecule has 4 unspecified atom stereocenters. The molecule has 4 atom stereocenters. The van der Waals surface area contributed by atoms with Crippen LogP contribution in [0, 0.1) is 0 Å². The molecule has 1 rings (SSSR count). The van der Waals surface area contributed by atoms with E-state index in [9.17, 15) is 4.79 Å². The van der Waals surface area contributed by atoms with Gasteiger partial charge in [-0.2, -0.15) is 0 Å². The fourth-order valence-electron chi connectivity index (χ4n) is 2.13. The van der Waals surface area contributed by atoms with Gasteiger partial charge >= 0.3 is 5.97 Å². The van der Waals surface area contributed by atoms with E-state index in [1.165, 1.54) is 0 Å². The highest BCUT2D eigenvalue weighted by molar-refractivity contribution is 5.89. The lowest BCUT2D eigenvalue weighted by Crippen LogP contribution is -2.30. The molecule has 6 nitrogen and oxygen atoms in total. The minimum absolute atomic E-state index is 0.359. The summed E-state index contributed by atoms with van der Waals surface area (Å²) in [4.78, 5) is 11.9. The Hall–Kier alpha value is -1.47. The summed E-state index contributed by atoms with van der Waals surface area (Å²) in [5.41, 5.74) is 0.473. The first-order valence-electron chi connectivity index (χ1n) is 8.76. The number of carbonyl (C=O) groups excluding carboxylic acids is 1. The fourth-order valence-corrected chi connectivity index (χ4v) is 2.13. The molecule has 0 heterocycles. The van der Waals surface area contributed by atoms with E-state index in [1.54, 1.807) is 45.0 Å². The lowest BCUT2D eigenvalue weighted by atomic mass is 10.2. The van der Waals surface area contributed by atoms with Gasteiger partial charge in [-0.25, -0.2) is 4.79 Å². The molecule has 0 amide bonds. The Morgan fingerprint density at radius 3 is 2.04 bits per heavy atom. The van der Waals surface area contributed by atoms with Crippen LogP contribution in [0.1, 0.15) is 57.8 Å². The molecule has 0 spiro atoms. The summed E-state index contributed by atoms with van der Waals surface area (Å²) in [6.07, 6.45) is -0.147. The molecule has 1 aromatic carbocycles. The van der Waals surface area contributed by atoms with Crippen molar-refractivity contribution >= 4 is 5.97 Å². The van der Waals surface area contributed by atoms with E-state index in [2.05, 4.69) is 6.92 Å². The maximum Gasteiger partial charge on any atom is 0.340 e. The Bertz CT molecular complexity index is 478. The predicted octanol–water partition coefficient (Wildman–Crippen LogP) is 4.09. The molecule has 0 radical (unpaired) electrons. The summed E-state index contributed by atoms with van der Waals surface area (Å²) >= 11 is 0. The van der Waals surface area contributed by atoms with Gasteiger partial charge in [-0.3, -0.25) is 0 Å². The summed E-state index contributed by atoms with van der Waals surface area (Å²) in [5, 5.41) is 0. The molecule has 6 heteroatoms. The Morgan fingerprint density at radius 2 is 1.44 bits per heavy atom. The Labute approximate surface area is 150 Å². The number of hydrogen-bond acceptors (Lipinski definition) is 6. The van der Waals surface area contributed by atoms with Crippen LogP contribution in [0.2, 0.25) is 0 Å². The molecule has 0 aliphatic heterocycles. The third-order valence-corrected chi connectivity index (χ3v) is 3.28. The molecule has 0 aliphatic carbocycles. The molecular formula is C19H30O6. The van der Waals surface area contributed by atoms with E-state index in [1.807, 2.05) is 13.0 Å². The van der Waals surface area contributed by atoms with Crippen LogP contribution in [0.4, 0.5) is 0 Å². The van der Waals surface area contributed by atoms with E-state index in [4.69, 9.17) is 23.7 Å². The molecule has 0 bridgehead atoms. The van der Waals surface area contributed by atoms with E-state index >= 15 is 0 Å². The normalized spacial score (nSPS) is 16.0. The lowest BCUT2D eigenvalue weighted by Gasteiger charge is -2.25. The zero-order valence-electron chi connectivity index (χ0n) is 15.8. The quantitative estimate of drug-likeness (QED) is 0.320. The molecule has 0 aromatic heterocycles. The van der Waals surface area contributed by atoms with Crippen LogP contribution in [0.5, 0.6) is 0 Å². The maximum atomic E-state index is 11.9. The van der Waals surface area contributed by atoms with Crippen LogP contribution in [-0.4, -0.2) is 37.7 Å². The monoisotopic (exact) mass is 354 g/mol. The van der Waals surface area contributed by atoms with Crippen molar-refractivity contribution in [2.45, 2.75) is 72.6 Å². The number of esters is 1. The summed E-state index contributed by atoms with van der Waals surface area (Å²) in [6.45, 7) is 9.71. The Kier molecular flexibility index (Phi) is 10.3. The van der Waals surface area contributed by atoms with Crippen LogP contribution in [0.15, 0.2) is 30.3 Å². The smallest absolute Gasteiger partial charge is 0.340 e. The third kappa shape index (κ3) is 9.55. The molecule has 0 fully saturated rings. The van der Waals surface area contributed by atoms with Crippen molar-refractivity contribution in [2.75, 3.05) is 6.61 Å². The summed E-state index contributed by atoms with van der Waals surface area (Å²) in [5.74, 6) is -0.442. The first-order chi connectivity index (χ1) is 11.9. The van der Waals surface area contributed by atoms with Crippen molar-refractivity contribution < 1.29 is 28.5 Å². The SMILES string of the molecule is CCCCOC(C)OC(C)OC(C)OC(C)OC(=O)c1ccccc1. The van der Waals surface area contributed by atoms with Gasteiger partial charge in [0.25, 0.3) is 0 Å². The van der Waals surface area contributed by atoms with Crippen LogP contribution in [0.3, 0.4) is 0 Å². The third-order valence-electron chi connectivity index (χ3n) is 3.28. The predicted molar refractivity (Wildman–Crippen MR) is 93.8 cm³/mol. The van der Waals surface area contributed by atoms with Crippen molar-refractivity contribution in [1.29, 1.82) is 0 Å². The van der Waals surface area contributed by atoms with Gasteiger partial charge in [0.05, 0.1) is 5.56 Å². The number of unbranched alkanes of at least 4 members (excludes halogenated alkanes) is 1. The van der Waals surface area contributed by atoms with Crippen LogP contribution < -0.4 is 0 Å². The van der Waals surface area contributed by atoms with Crippen LogP contribution in [0.25, 0.3) is 0 Å². The van der Waals surface area contributed by atoms with E-state index in [0.717, 1.165) is 12.8 Å². The van der Waals surface area contributed by atoms with Gasteiger partial charge in [0.2, 0.25) is 6.29 Å². The van der Waals surface area contributed by atoms with Crippen LogP contribution >= 0.6 is 0 Å². The molecule has 0 aliphatic rings. The molecular weight excluding hydrogens is 324 g/mol. The van der Waals surface area contributed by atoms with Crippen molar-refractivity contribution in [3.63, 3.8) is 0 Å². The number of benzene rings is 1. The Balaban J connectivity index is 2.27. The lowest BCUT2D eigenvalue weighted by molar-refractivity contribution is -0.300. The van der Waals surface area contributed by atoms with Gasteiger partial charge in [-0.15, -0.1) is 0 Å². The standard InChI is InChI=1S/C19H30O6/c1-6-7-13-21-14(2)22-15(3)23-16(4)24-17(5)25-19(20)18-11-9-8-10-12-18/h8-12,14-17H,6-7,13H2,1-5H3. The highest BCUT2D eigenvalue weighted by Crippen LogP contribution is 2.10. The zero-order valence-corrected chi connectivity index (χ0v) is 15.8. The molecule has 142 valence electrons. The molecule has 0 saturated carbocycles. The second-order valence-electron chi connectivity index (χ2n) is 5.67. The molecule has 0 N–H and O–H groups in total. The maximum absolute atomic E-state index is 11.9. The van der Waals surface area contributed by atoms with Gasteiger partial charge < -0.3 is 23.7 Å². The number of ether oxygens (including phenoxy) is 5. The first kappa shape index (κ1) is 21.6. The second kappa shape index (κ2) is 12.0. The molecule has 1 aromatic rings. The van der Waals surface area contributed by atoms with Gasteiger partial charge in [0.15, 0.2) is 18.9 Å². The summed E-state index contributed by atoms with van der Waals surface area (Å²) < 4.78 is 27.4. The van der Waals surface area contributed by atoms with E-state index in [-0.39, 0.29) is 6.29 Å². The summed E-state index contributed by atoms with van der Waals surface area (Å²) in [7, 11) is 0. The second-order valence-corrected chi connectivity index (χ2v) is 5.67. The molecule has 0 saturated heterocycles. The highest BCUT2D eigenvalue weighted by Gasteiger charge is 2.18.